The summed E-state index contributed by atoms with van der Waals surface area (Å²) in [5.74, 6) is -0.130. The van der Waals surface area contributed by atoms with Gasteiger partial charge in [-0.2, -0.15) is 0 Å². The number of para-hydroxylation sites is 1. The minimum absolute atomic E-state index is 0.0628. The average molecular weight is 324 g/mol. The normalized spacial score (nSPS) is 14.0. The fourth-order valence-electron chi connectivity index (χ4n) is 3.08. The highest BCUT2D eigenvalue weighted by Crippen LogP contribution is 2.26. The van der Waals surface area contributed by atoms with Crippen LogP contribution in [0.4, 0.5) is 5.69 Å². The van der Waals surface area contributed by atoms with Gasteiger partial charge in [-0.3, -0.25) is 14.2 Å². The smallest absolute Gasteiger partial charge is 0.283 e. The van der Waals surface area contributed by atoms with Gasteiger partial charge in [0.1, 0.15) is 12.9 Å². The second-order valence-electron chi connectivity index (χ2n) is 5.84. The van der Waals surface area contributed by atoms with E-state index < -0.39 is 0 Å². The highest BCUT2D eigenvalue weighted by molar-refractivity contribution is 5.94. The molecule has 122 valence electrons. The van der Waals surface area contributed by atoms with Crippen molar-refractivity contribution in [1.29, 1.82) is 0 Å². The number of aromatic nitrogens is 5. The van der Waals surface area contributed by atoms with Crippen molar-refractivity contribution in [2.45, 2.75) is 19.4 Å². The number of hydrogen-bond donors (Lipinski definition) is 0. The van der Waals surface area contributed by atoms with Crippen molar-refractivity contribution in [2.75, 3.05) is 11.4 Å². The van der Waals surface area contributed by atoms with Crippen molar-refractivity contribution in [3.8, 4) is 0 Å². The molecule has 4 rings (SSSR count). The van der Waals surface area contributed by atoms with E-state index in [0.29, 0.717) is 12.2 Å². The molecular weight excluding hydrogens is 308 g/mol. The molecule has 1 aliphatic heterocycles. The van der Waals surface area contributed by atoms with Gasteiger partial charge in [-0.1, -0.05) is 23.4 Å². The number of anilines is 1. The monoisotopic (exact) mass is 324 g/mol. The molecule has 0 saturated heterocycles. The van der Waals surface area contributed by atoms with E-state index in [2.05, 4.69) is 15.3 Å². The Bertz CT molecular complexity index is 990. The average Bonchev–Trinajstić information content (AvgIpc) is 2.98. The Morgan fingerprint density at radius 1 is 1.29 bits per heavy atom. The van der Waals surface area contributed by atoms with Crippen molar-refractivity contribution in [3.05, 3.63) is 46.5 Å². The van der Waals surface area contributed by atoms with Crippen LogP contribution in [-0.4, -0.2) is 37.0 Å². The van der Waals surface area contributed by atoms with Gasteiger partial charge in [-0.15, -0.1) is 5.10 Å². The Labute approximate surface area is 137 Å². The minimum Gasteiger partial charge on any atom is -0.311 e. The highest BCUT2D eigenvalue weighted by atomic mass is 16.2. The zero-order valence-electron chi connectivity index (χ0n) is 13.2. The van der Waals surface area contributed by atoms with Gasteiger partial charge in [0.05, 0.1) is 0 Å². The first-order valence-corrected chi connectivity index (χ1v) is 7.78. The first-order chi connectivity index (χ1) is 11.6. The van der Waals surface area contributed by atoms with Crippen molar-refractivity contribution in [1.82, 2.24) is 24.5 Å². The van der Waals surface area contributed by atoms with E-state index in [4.69, 9.17) is 0 Å². The number of carbonyl (C=O) groups excluding carboxylic acids is 1. The van der Waals surface area contributed by atoms with Crippen LogP contribution in [-0.2, 0) is 24.8 Å². The summed E-state index contributed by atoms with van der Waals surface area (Å²) in [6.45, 7) is 0.595. The number of amides is 1. The molecule has 8 nitrogen and oxygen atoms in total. The Morgan fingerprint density at radius 3 is 3.00 bits per heavy atom. The van der Waals surface area contributed by atoms with Crippen LogP contribution >= 0.6 is 0 Å². The molecule has 3 aromatic rings. The lowest BCUT2D eigenvalue weighted by molar-refractivity contribution is -0.119. The van der Waals surface area contributed by atoms with Crippen LogP contribution < -0.4 is 10.5 Å². The van der Waals surface area contributed by atoms with Crippen LogP contribution in [0.1, 0.15) is 12.0 Å². The van der Waals surface area contributed by atoms with Crippen LogP contribution in [0.25, 0.3) is 11.2 Å². The topological polar surface area (TPSA) is 85.9 Å². The number of fused-ring (bicyclic) bond motifs is 2. The Kier molecular flexibility index (Phi) is 3.37. The molecule has 0 fully saturated rings. The Morgan fingerprint density at radius 2 is 2.12 bits per heavy atom. The van der Waals surface area contributed by atoms with Crippen LogP contribution in [0.5, 0.6) is 0 Å². The summed E-state index contributed by atoms with van der Waals surface area (Å²) in [4.78, 5) is 31.1. The molecule has 0 spiro atoms. The summed E-state index contributed by atoms with van der Waals surface area (Å²) in [5, 5.41) is 7.62. The van der Waals surface area contributed by atoms with Crippen molar-refractivity contribution >= 4 is 22.8 Å². The fraction of sp³-hybridized carbons (Fsp3) is 0.312. The standard InChI is InChI=1S/C16H16N6O2/c1-20-15-14(18-19-20)16(24)21(10-17-15)9-13(23)22-8-4-6-11-5-2-3-7-12(11)22/h2-3,5,7,10H,4,6,8-9H2,1H3. The van der Waals surface area contributed by atoms with E-state index in [1.807, 2.05) is 24.3 Å². The molecule has 3 heterocycles. The molecule has 8 heteroatoms. The van der Waals surface area contributed by atoms with Gasteiger partial charge in [0, 0.05) is 19.3 Å². The molecule has 0 saturated carbocycles. The predicted molar refractivity (Wildman–Crippen MR) is 87.7 cm³/mol. The Balaban J connectivity index is 1.66. The molecular formula is C16H16N6O2. The van der Waals surface area contributed by atoms with Gasteiger partial charge in [0.15, 0.2) is 11.2 Å². The van der Waals surface area contributed by atoms with Gasteiger partial charge >= 0.3 is 0 Å². The lowest BCUT2D eigenvalue weighted by atomic mass is 10.0. The summed E-state index contributed by atoms with van der Waals surface area (Å²) < 4.78 is 2.72. The zero-order valence-corrected chi connectivity index (χ0v) is 13.2. The van der Waals surface area contributed by atoms with E-state index in [9.17, 15) is 9.59 Å². The summed E-state index contributed by atoms with van der Waals surface area (Å²) in [7, 11) is 1.67. The molecule has 0 bridgehead atoms. The number of hydrogen-bond acceptors (Lipinski definition) is 5. The van der Waals surface area contributed by atoms with Crippen LogP contribution in [0, 0.1) is 0 Å². The first-order valence-electron chi connectivity index (χ1n) is 7.78. The van der Waals surface area contributed by atoms with Crippen LogP contribution in [0.15, 0.2) is 35.4 Å². The fourth-order valence-corrected chi connectivity index (χ4v) is 3.08. The third-order valence-corrected chi connectivity index (χ3v) is 4.30. The maximum Gasteiger partial charge on any atom is 0.283 e. The van der Waals surface area contributed by atoms with Gasteiger partial charge in [0.2, 0.25) is 5.91 Å². The zero-order chi connectivity index (χ0) is 16.7. The maximum absolute atomic E-state index is 12.7. The second-order valence-corrected chi connectivity index (χ2v) is 5.84. The molecule has 0 unspecified atom stereocenters. The molecule has 0 radical (unpaired) electrons. The van der Waals surface area contributed by atoms with Gasteiger partial charge in [-0.05, 0) is 24.5 Å². The number of benzene rings is 1. The molecule has 2 aromatic heterocycles. The largest absolute Gasteiger partial charge is 0.311 e. The molecule has 0 aliphatic carbocycles. The lowest BCUT2D eigenvalue weighted by Gasteiger charge is -2.29. The van der Waals surface area contributed by atoms with E-state index in [1.165, 1.54) is 15.6 Å². The van der Waals surface area contributed by atoms with Crippen molar-refractivity contribution < 1.29 is 4.79 Å². The molecule has 1 amide bonds. The Hall–Kier alpha value is -3.03. The number of carbonyl (C=O) groups is 1. The van der Waals surface area contributed by atoms with Gasteiger partial charge in [0.25, 0.3) is 5.56 Å². The van der Waals surface area contributed by atoms with E-state index >= 15 is 0 Å². The molecule has 1 aliphatic rings. The number of nitrogens with zero attached hydrogens (tertiary/aromatic N) is 6. The third-order valence-electron chi connectivity index (χ3n) is 4.30. The maximum atomic E-state index is 12.7. The summed E-state index contributed by atoms with van der Waals surface area (Å²) in [6, 6.07) is 7.88. The predicted octanol–water partition coefficient (Wildman–Crippen LogP) is 0.504. The highest BCUT2D eigenvalue weighted by Gasteiger charge is 2.23. The molecule has 0 N–H and O–H groups in total. The van der Waals surface area contributed by atoms with Gasteiger partial charge in [-0.25, -0.2) is 9.67 Å². The summed E-state index contributed by atoms with van der Waals surface area (Å²) in [6.07, 6.45) is 3.26. The van der Waals surface area contributed by atoms with E-state index in [1.54, 1.807) is 11.9 Å². The van der Waals surface area contributed by atoms with Crippen LogP contribution in [0.2, 0.25) is 0 Å². The quantitative estimate of drug-likeness (QED) is 0.685. The lowest BCUT2D eigenvalue weighted by Crippen LogP contribution is -2.39. The number of rotatable bonds is 2. The van der Waals surface area contributed by atoms with E-state index in [0.717, 1.165) is 24.1 Å². The first kappa shape index (κ1) is 14.6. The molecule has 1 aromatic carbocycles. The van der Waals surface area contributed by atoms with Crippen molar-refractivity contribution in [2.24, 2.45) is 7.05 Å². The van der Waals surface area contributed by atoms with E-state index in [-0.39, 0.29) is 23.5 Å². The van der Waals surface area contributed by atoms with Crippen molar-refractivity contribution in [3.63, 3.8) is 0 Å². The molecule has 0 atom stereocenters. The summed E-state index contributed by atoms with van der Waals surface area (Å²) >= 11 is 0. The molecule has 24 heavy (non-hydrogen) atoms. The SMILES string of the molecule is Cn1nnc2c(=O)n(CC(=O)N3CCCc4ccccc43)cnc21. The number of aryl methyl sites for hydroxylation is 2. The second kappa shape index (κ2) is 5.55. The van der Waals surface area contributed by atoms with Gasteiger partial charge < -0.3 is 4.90 Å². The minimum atomic E-state index is -0.355. The van der Waals surface area contributed by atoms with Crippen LogP contribution in [0.3, 0.4) is 0 Å². The third kappa shape index (κ3) is 2.27. The summed E-state index contributed by atoms with van der Waals surface area (Å²) in [5.41, 5.74) is 2.31.